The lowest BCUT2D eigenvalue weighted by atomic mass is 10.2. The van der Waals surface area contributed by atoms with E-state index in [1.807, 2.05) is 0 Å². The zero-order valence-electron chi connectivity index (χ0n) is 10.1. The van der Waals surface area contributed by atoms with E-state index in [0.29, 0.717) is 25.3 Å². The first kappa shape index (κ1) is 15.0. The van der Waals surface area contributed by atoms with Gasteiger partial charge in [0, 0.05) is 25.1 Å². The zero-order chi connectivity index (χ0) is 13.6. The van der Waals surface area contributed by atoms with Crippen molar-refractivity contribution in [3.05, 3.63) is 29.8 Å². The van der Waals surface area contributed by atoms with E-state index in [2.05, 4.69) is 5.32 Å². The third kappa shape index (κ3) is 5.06. The average molecular weight is 290 g/mol. The van der Waals surface area contributed by atoms with Gasteiger partial charge in [-0.3, -0.25) is 4.79 Å². The van der Waals surface area contributed by atoms with Gasteiger partial charge in [-0.25, -0.2) is 8.42 Å². The summed E-state index contributed by atoms with van der Waals surface area (Å²) in [5.74, 6) is 0.416. The summed E-state index contributed by atoms with van der Waals surface area (Å²) in [6.07, 6.45) is 2.22. The molecule has 1 amide bonds. The van der Waals surface area contributed by atoms with Crippen LogP contribution in [0.25, 0.3) is 0 Å². The molecule has 1 N–H and O–H groups in total. The predicted molar refractivity (Wildman–Crippen MR) is 71.4 cm³/mol. The third-order valence-electron chi connectivity index (χ3n) is 2.38. The van der Waals surface area contributed by atoms with Gasteiger partial charge in [0.25, 0.3) is 0 Å². The molecule has 0 aliphatic heterocycles. The van der Waals surface area contributed by atoms with E-state index in [1.165, 1.54) is 12.1 Å². The first-order valence-corrected chi connectivity index (χ1v) is 7.98. The Morgan fingerprint density at radius 2 is 1.89 bits per heavy atom. The number of carbonyl (C=O) groups is 1. The molecule has 1 aromatic carbocycles. The Hall–Kier alpha value is -1.07. The molecule has 100 valence electrons. The standard InChI is InChI=1S/C12H16ClNO3S/c1-18(16,17)11-6-4-10(5-7-11)9-14-12(15)3-2-8-13/h4-7H,2-3,8-9H2,1H3,(H,14,15). The molecule has 0 aromatic heterocycles. The van der Waals surface area contributed by atoms with Crippen LogP contribution in [0, 0.1) is 0 Å². The molecule has 0 atom stereocenters. The molecule has 0 unspecified atom stereocenters. The SMILES string of the molecule is CS(=O)(=O)c1ccc(CNC(=O)CCCCl)cc1. The highest BCUT2D eigenvalue weighted by molar-refractivity contribution is 7.90. The zero-order valence-corrected chi connectivity index (χ0v) is 11.7. The maximum absolute atomic E-state index is 11.3. The van der Waals surface area contributed by atoms with Crippen LogP contribution in [0.15, 0.2) is 29.2 Å². The van der Waals surface area contributed by atoms with Gasteiger partial charge in [-0.05, 0) is 24.1 Å². The van der Waals surface area contributed by atoms with Crippen molar-refractivity contribution in [2.75, 3.05) is 12.1 Å². The lowest BCUT2D eigenvalue weighted by molar-refractivity contribution is -0.121. The van der Waals surface area contributed by atoms with Crippen molar-refractivity contribution in [1.82, 2.24) is 5.32 Å². The van der Waals surface area contributed by atoms with Gasteiger partial charge >= 0.3 is 0 Å². The molecule has 4 nitrogen and oxygen atoms in total. The molecule has 0 fully saturated rings. The van der Waals surface area contributed by atoms with Crippen LogP contribution < -0.4 is 5.32 Å². The van der Waals surface area contributed by atoms with Crippen molar-refractivity contribution in [2.45, 2.75) is 24.3 Å². The van der Waals surface area contributed by atoms with Gasteiger partial charge in [0.15, 0.2) is 9.84 Å². The van der Waals surface area contributed by atoms with E-state index in [9.17, 15) is 13.2 Å². The topological polar surface area (TPSA) is 63.2 Å². The average Bonchev–Trinajstić information content (AvgIpc) is 2.33. The Bertz CT molecular complexity index is 497. The number of halogens is 1. The maximum Gasteiger partial charge on any atom is 0.220 e. The second-order valence-corrected chi connectivity index (χ2v) is 6.38. The van der Waals surface area contributed by atoms with Crippen LogP contribution in [-0.4, -0.2) is 26.5 Å². The highest BCUT2D eigenvalue weighted by Gasteiger charge is 2.06. The summed E-state index contributed by atoms with van der Waals surface area (Å²) in [5.41, 5.74) is 0.863. The summed E-state index contributed by atoms with van der Waals surface area (Å²) < 4.78 is 22.5. The second-order valence-electron chi connectivity index (χ2n) is 3.99. The number of alkyl halides is 1. The van der Waals surface area contributed by atoms with Gasteiger partial charge in [-0.15, -0.1) is 11.6 Å². The molecule has 0 spiro atoms. The van der Waals surface area contributed by atoms with Crippen LogP contribution in [0.4, 0.5) is 0 Å². The van der Waals surface area contributed by atoms with Gasteiger partial charge in [0.2, 0.25) is 5.91 Å². The van der Waals surface area contributed by atoms with E-state index < -0.39 is 9.84 Å². The first-order valence-electron chi connectivity index (χ1n) is 5.55. The van der Waals surface area contributed by atoms with E-state index in [1.54, 1.807) is 12.1 Å². The number of benzene rings is 1. The van der Waals surface area contributed by atoms with Crippen molar-refractivity contribution in [3.8, 4) is 0 Å². The van der Waals surface area contributed by atoms with Crippen LogP contribution in [0.1, 0.15) is 18.4 Å². The Morgan fingerprint density at radius 1 is 1.28 bits per heavy atom. The van der Waals surface area contributed by atoms with Gasteiger partial charge in [-0.1, -0.05) is 12.1 Å². The van der Waals surface area contributed by atoms with Crippen molar-refractivity contribution in [3.63, 3.8) is 0 Å². The van der Waals surface area contributed by atoms with E-state index in [4.69, 9.17) is 11.6 Å². The molecular formula is C12H16ClNO3S. The van der Waals surface area contributed by atoms with E-state index >= 15 is 0 Å². The number of amides is 1. The van der Waals surface area contributed by atoms with Crippen LogP contribution in [-0.2, 0) is 21.2 Å². The summed E-state index contributed by atoms with van der Waals surface area (Å²) in [7, 11) is -3.16. The quantitative estimate of drug-likeness (QED) is 0.811. The Labute approximate surface area is 112 Å². The molecule has 0 aliphatic carbocycles. The first-order chi connectivity index (χ1) is 8.43. The maximum atomic E-state index is 11.3. The number of nitrogens with one attached hydrogen (secondary N) is 1. The molecule has 18 heavy (non-hydrogen) atoms. The highest BCUT2D eigenvalue weighted by Crippen LogP contribution is 2.10. The summed E-state index contributed by atoms with van der Waals surface area (Å²) in [6.45, 7) is 0.394. The summed E-state index contributed by atoms with van der Waals surface area (Å²) in [6, 6.07) is 6.46. The minimum absolute atomic E-state index is 0.0529. The molecule has 1 rings (SSSR count). The molecule has 0 radical (unpaired) electrons. The highest BCUT2D eigenvalue weighted by atomic mass is 35.5. The van der Waals surface area contributed by atoms with Gasteiger partial charge in [-0.2, -0.15) is 0 Å². The van der Waals surface area contributed by atoms with Crippen molar-refractivity contribution in [2.24, 2.45) is 0 Å². The minimum Gasteiger partial charge on any atom is -0.352 e. The molecule has 6 heteroatoms. The number of sulfone groups is 1. The fourth-order valence-electron chi connectivity index (χ4n) is 1.37. The number of rotatable bonds is 6. The Kier molecular flexibility index (Phi) is 5.62. The number of hydrogen-bond donors (Lipinski definition) is 1. The monoisotopic (exact) mass is 289 g/mol. The fraction of sp³-hybridized carbons (Fsp3) is 0.417. The number of carbonyl (C=O) groups excluding carboxylic acids is 1. The molecule has 0 bridgehead atoms. The second kappa shape index (κ2) is 6.75. The van der Waals surface area contributed by atoms with Gasteiger partial charge in [0.1, 0.15) is 0 Å². The smallest absolute Gasteiger partial charge is 0.220 e. The lowest BCUT2D eigenvalue weighted by Gasteiger charge is -2.05. The Balaban J connectivity index is 2.52. The molecular weight excluding hydrogens is 274 g/mol. The summed E-state index contributed by atoms with van der Waals surface area (Å²) >= 11 is 5.49. The van der Waals surface area contributed by atoms with Gasteiger partial charge in [0.05, 0.1) is 4.90 Å². The van der Waals surface area contributed by atoms with Crippen molar-refractivity contribution in [1.29, 1.82) is 0 Å². The molecule has 0 saturated carbocycles. The summed E-state index contributed by atoms with van der Waals surface area (Å²) in [5, 5.41) is 2.74. The normalized spacial score (nSPS) is 11.2. The van der Waals surface area contributed by atoms with Crippen LogP contribution in [0.2, 0.25) is 0 Å². The van der Waals surface area contributed by atoms with Crippen LogP contribution in [0.3, 0.4) is 0 Å². The predicted octanol–water partition coefficient (Wildman–Crippen LogP) is 1.73. The minimum atomic E-state index is -3.16. The van der Waals surface area contributed by atoms with Gasteiger partial charge < -0.3 is 5.32 Å². The Morgan fingerprint density at radius 3 is 2.39 bits per heavy atom. The number of hydrogen-bond acceptors (Lipinski definition) is 3. The fourth-order valence-corrected chi connectivity index (χ4v) is 2.14. The summed E-state index contributed by atoms with van der Waals surface area (Å²) in [4.78, 5) is 11.6. The van der Waals surface area contributed by atoms with E-state index in [0.717, 1.165) is 11.8 Å². The largest absolute Gasteiger partial charge is 0.352 e. The molecule has 0 heterocycles. The van der Waals surface area contributed by atoms with E-state index in [-0.39, 0.29) is 10.8 Å². The van der Waals surface area contributed by atoms with Crippen molar-refractivity contribution < 1.29 is 13.2 Å². The molecule has 0 aliphatic rings. The third-order valence-corrected chi connectivity index (χ3v) is 3.77. The molecule has 1 aromatic rings. The van der Waals surface area contributed by atoms with Crippen molar-refractivity contribution >= 4 is 27.3 Å². The lowest BCUT2D eigenvalue weighted by Crippen LogP contribution is -2.22. The molecule has 0 saturated heterocycles. The van der Waals surface area contributed by atoms with Crippen LogP contribution >= 0.6 is 11.6 Å². The van der Waals surface area contributed by atoms with Crippen LogP contribution in [0.5, 0.6) is 0 Å².